The largest absolute Gasteiger partial charge is 0.317 e. The molecule has 2 aliphatic rings. The molecule has 0 radical (unpaired) electrons. The highest BCUT2D eigenvalue weighted by molar-refractivity contribution is 5.28. The van der Waals surface area contributed by atoms with Crippen molar-refractivity contribution < 1.29 is 0 Å². The second kappa shape index (κ2) is 7.46. The van der Waals surface area contributed by atoms with E-state index in [1.54, 1.807) is 0 Å². The van der Waals surface area contributed by atoms with Crippen LogP contribution in [0.4, 0.5) is 0 Å². The zero-order chi connectivity index (χ0) is 11.8. The summed E-state index contributed by atoms with van der Waals surface area (Å²) >= 11 is 0. The van der Waals surface area contributed by atoms with Crippen molar-refractivity contribution in [1.82, 2.24) is 10.6 Å². The van der Waals surface area contributed by atoms with Crippen LogP contribution in [0.5, 0.6) is 0 Å². The van der Waals surface area contributed by atoms with E-state index >= 15 is 0 Å². The van der Waals surface area contributed by atoms with Gasteiger partial charge in [0.1, 0.15) is 0 Å². The van der Waals surface area contributed by atoms with Gasteiger partial charge in [0.15, 0.2) is 0 Å². The fraction of sp³-hybridized carbons (Fsp3) is 0.600. The molecule has 0 unspecified atom stereocenters. The van der Waals surface area contributed by atoms with Crippen molar-refractivity contribution in [3.63, 3.8) is 0 Å². The maximum absolute atomic E-state index is 3.35. The van der Waals surface area contributed by atoms with Crippen LogP contribution in [0, 0.1) is 0 Å². The first-order valence-corrected chi connectivity index (χ1v) is 6.95. The van der Waals surface area contributed by atoms with Crippen LogP contribution in [-0.4, -0.2) is 19.6 Å². The minimum atomic E-state index is 1.05. The minimum absolute atomic E-state index is 1.05. The van der Waals surface area contributed by atoms with E-state index in [0.29, 0.717) is 0 Å². The third kappa shape index (κ3) is 4.49. The number of nitrogens with one attached hydrogen (secondary N) is 2. The fourth-order valence-electron chi connectivity index (χ4n) is 2.40. The normalized spacial score (nSPS) is 19.5. The molecular weight excluding hydrogens is 208 g/mol. The van der Waals surface area contributed by atoms with E-state index in [1.165, 1.54) is 56.3 Å². The summed E-state index contributed by atoms with van der Waals surface area (Å²) in [6, 6.07) is 8.63. The Labute approximate surface area is 105 Å². The highest BCUT2D eigenvalue weighted by atomic mass is 14.9. The maximum Gasteiger partial charge on any atom is 0.0208 e. The highest BCUT2D eigenvalue weighted by Gasteiger charge is 2.05. The lowest BCUT2D eigenvalue weighted by molar-refractivity contribution is 0.644. The van der Waals surface area contributed by atoms with Gasteiger partial charge in [0.05, 0.1) is 0 Å². The van der Waals surface area contributed by atoms with Gasteiger partial charge in [0.25, 0.3) is 0 Å². The minimum Gasteiger partial charge on any atom is -0.317 e. The Morgan fingerprint density at radius 3 is 2.12 bits per heavy atom. The summed E-state index contributed by atoms with van der Waals surface area (Å²) in [4.78, 5) is 0. The topological polar surface area (TPSA) is 24.1 Å². The van der Waals surface area contributed by atoms with Crippen LogP contribution in [0.15, 0.2) is 24.3 Å². The van der Waals surface area contributed by atoms with Crippen LogP contribution in [0.2, 0.25) is 0 Å². The van der Waals surface area contributed by atoms with Crippen molar-refractivity contribution in [1.29, 1.82) is 0 Å². The zero-order valence-corrected chi connectivity index (χ0v) is 10.7. The molecule has 0 atom stereocenters. The summed E-state index contributed by atoms with van der Waals surface area (Å²) in [5.74, 6) is 0. The van der Waals surface area contributed by atoms with E-state index in [0.717, 1.165) is 13.1 Å². The predicted octanol–water partition coefficient (Wildman–Crippen LogP) is 2.48. The van der Waals surface area contributed by atoms with Crippen LogP contribution in [0.3, 0.4) is 0 Å². The quantitative estimate of drug-likeness (QED) is 0.718. The van der Waals surface area contributed by atoms with Gasteiger partial charge in [-0.3, -0.25) is 0 Å². The third-order valence-electron chi connectivity index (χ3n) is 3.46. The lowest BCUT2D eigenvalue weighted by Crippen LogP contribution is -2.23. The number of hydrogen-bond acceptors (Lipinski definition) is 2. The molecule has 1 saturated heterocycles. The molecule has 0 amide bonds. The molecule has 1 aromatic rings. The summed E-state index contributed by atoms with van der Waals surface area (Å²) < 4.78 is 0. The second-order valence-electron chi connectivity index (χ2n) is 4.86. The number of hydrogen-bond donors (Lipinski definition) is 2. The standard InChI is InChI=1S/C9H11N.C6H13N/c1-2-4-9-7-10-6-5-8(9)3-1;1-2-4-6-7-5-3-1/h1-4,10H,5-7H2;7H,1-6H2. The van der Waals surface area contributed by atoms with E-state index < -0.39 is 0 Å². The van der Waals surface area contributed by atoms with Crippen LogP contribution in [0.1, 0.15) is 36.8 Å². The highest BCUT2D eigenvalue weighted by Crippen LogP contribution is 2.11. The first-order valence-electron chi connectivity index (χ1n) is 6.95. The lowest BCUT2D eigenvalue weighted by Gasteiger charge is -2.15. The molecule has 2 N–H and O–H groups in total. The van der Waals surface area contributed by atoms with Gasteiger partial charge in [-0.05, 0) is 50.0 Å². The fourth-order valence-corrected chi connectivity index (χ4v) is 2.40. The van der Waals surface area contributed by atoms with E-state index in [1.807, 2.05) is 0 Å². The summed E-state index contributed by atoms with van der Waals surface area (Å²) in [5.41, 5.74) is 2.98. The summed E-state index contributed by atoms with van der Waals surface area (Å²) in [7, 11) is 0. The molecule has 2 aliphatic heterocycles. The Balaban J connectivity index is 0.000000136. The molecule has 0 spiro atoms. The van der Waals surface area contributed by atoms with Crippen molar-refractivity contribution >= 4 is 0 Å². The molecule has 0 bridgehead atoms. The van der Waals surface area contributed by atoms with Gasteiger partial charge in [-0.2, -0.15) is 0 Å². The van der Waals surface area contributed by atoms with Crippen molar-refractivity contribution in [2.24, 2.45) is 0 Å². The number of rotatable bonds is 0. The molecule has 17 heavy (non-hydrogen) atoms. The second-order valence-corrected chi connectivity index (χ2v) is 4.86. The van der Waals surface area contributed by atoms with Crippen molar-refractivity contribution in [2.75, 3.05) is 19.6 Å². The molecule has 2 nitrogen and oxygen atoms in total. The molecular formula is C15H24N2. The van der Waals surface area contributed by atoms with Crippen LogP contribution in [-0.2, 0) is 13.0 Å². The Morgan fingerprint density at radius 2 is 1.41 bits per heavy atom. The van der Waals surface area contributed by atoms with Crippen molar-refractivity contribution in [3.8, 4) is 0 Å². The Hall–Kier alpha value is -0.860. The molecule has 2 heterocycles. The molecule has 2 heteroatoms. The zero-order valence-electron chi connectivity index (χ0n) is 10.7. The molecule has 3 rings (SSSR count). The summed E-state index contributed by atoms with van der Waals surface area (Å²) in [5, 5.41) is 6.69. The van der Waals surface area contributed by atoms with Crippen LogP contribution >= 0.6 is 0 Å². The molecule has 0 aromatic heterocycles. The average Bonchev–Trinajstić information content (AvgIpc) is 2.72. The van der Waals surface area contributed by atoms with E-state index in [4.69, 9.17) is 0 Å². The predicted molar refractivity (Wildman–Crippen MR) is 73.2 cm³/mol. The SMILES string of the molecule is C1CCCNCC1.c1ccc2c(c1)CCNC2. The van der Waals surface area contributed by atoms with Gasteiger partial charge in [0, 0.05) is 6.54 Å². The van der Waals surface area contributed by atoms with Crippen LogP contribution < -0.4 is 10.6 Å². The van der Waals surface area contributed by atoms with Gasteiger partial charge in [-0.25, -0.2) is 0 Å². The first-order chi connectivity index (χ1) is 8.47. The van der Waals surface area contributed by atoms with Gasteiger partial charge < -0.3 is 10.6 Å². The summed E-state index contributed by atoms with van der Waals surface area (Å²) in [6.45, 7) is 4.69. The lowest BCUT2D eigenvalue weighted by atomic mass is 10.0. The van der Waals surface area contributed by atoms with E-state index in [2.05, 4.69) is 34.9 Å². The van der Waals surface area contributed by atoms with Crippen molar-refractivity contribution in [2.45, 2.75) is 38.6 Å². The molecule has 94 valence electrons. The monoisotopic (exact) mass is 232 g/mol. The van der Waals surface area contributed by atoms with Crippen molar-refractivity contribution in [3.05, 3.63) is 35.4 Å². The molecule has 1 aromatic carbocycles. The van der Waals surface area contributed by atoms with E-state index in [9.17, 15) is 0 Å². The van der Waals surface area contributed by atoms with Gasteiger partial charge in [-0.1, -0.05) is 37.1 Å². The molecule has 0 saturated carbocycles. The van der Waals surface area contributed by atoms with Gasteiger partial charge in [-0.15, -0.1) is 0 Å². The smallest absolute Gasteiger partial charge is 0.0208 e. The van der Waals surface area contributed by atoms with E-state index in [-0.39, 0.29) is 0 Å². The average molecular weight is 232 g/mol. The number of benzene rings is 1. The van der Waals surface area contributed by atoms with Crippen LogP contribution in [0.25, 0.3) is 0 Å². The first kappa shape index (κ1) is 12.6. The maximum atomic E-state index is 3.35. The Morgan fingerprint density at radius 1 is 0.706 bits per heavy atom. The third-order valence-corrected chi connectivity index (χ3v) is 3.46. The Bertz CT molecular complexity index is 278. The Kier molecular flexibility index (Phi) is 5.53. The van der Waals surface area contributed by atoms with Gasteiger partial charge in [0.2, 0.25) is 0 Å². The molecule has 1 fully saturated rings. The van der Waals surface area contributed by atoms with Gasteiger partial charge >= 0.3 is 0 Å². The summed E-state index contributed by atoms with van der Waals surface area (Å²) in [6.07, 6.45) is 6.84. The molecule has 0 aliphatic carbocycles. The number of fused-ring (bicyclic) bond motifs is 1.